The van der Waals surface area contributed by atoms with Crippen LogP contribution in [0.3, 0.4) is 0 Å². The number of aromatic nitrogens is 2. The topological polar surface area (TPSA) is 98.3 Å². The van der Waals surface area contributed by atoms with E-state index in [2.05, 4.69) is 26.5 Å². The van der Waals surface area contributed by atoms with Crippen molar-refractivity contribution in [3.8, 4) is 17.5 Å². The van der Waals surface area contributed by atoms with Crippen LogP contribution in [-0.2, 0) is 4.79 Å². The number of nitrogens with zero attached hydrogens (tertiary/aromatic N) is 5. The lowest BCUT2D eigenvalue weighted by Gasteiger charge is -2.41. The van der Waals surface area contributed by atoms with Crippen LogP contribution in [0, 0.1) is 11.3 Å². The summed E-state index contributed by atoms with van der Waals surface area (Å²) in [5, 5.41) is 20.3. The van der Waals surface area contributed by atoms with Crippen LogP contribution < -0.4 is 10.2 Å². The number of nitriles is 1. The van der Waals surface area contributed by atoms with E-state index < -0.39 is 0 Å². The number of hydrogen-bond acceptors (Lipinski definition) is 7. The molecule has 2 aliphatic heterocycles. The van der Waals surface area contributed by atoms with E-state index in [9.17, 15) is 4.79 Å². The first-order valence-electron chi connectivity index (χ1n) is 7.86. The molecule has 1 N–H and O–H groups in total. The zero-order valence-corrected chi connectivity index (χ0v) is 13.0. The second-order valence-electron chi connectivity index (χ2n) is 5.83. The molecule has 0 aliphatic carbocycles. The molecule has 1 aromatic carbocycles. The van der Waals surface area contributed by atoms with Crippen molar-refractivity contribution in [1.29, 1.82) is 5.26 Å². The molecule has 0 saturated carbocycles. The van der Waals surface area contributed by atoms with Crippen molar-refractivity contribution in [1.82, 2.24) is 20.4 Å². The third-order valence-electron chi connectivity index (χ3n) is 4.40. The Morgan fingerprint density at radius 2 is 2.21 bits per heavy atom. The summed E-state index contributed by atoms with van der Waals surface area (Å²) < 4.78 is 5.69. The summed E-state index contributed by atoms with van der Waals surface area (Å²) in [6.07, 6.45) is 0. The molecule has 0 bridgehead atoms. The highest BCUT2D eigenvalue weighted by molar-refractivity contribution is 5.96. The van der Waals surface area contributed by atoms with Crippen molar-refractivity contribution >= 4 is 11.9 Å². The van der Waals surface area contributed by atoms with E-state index in [0.29, 0.717) is 30.1 Å². The van der Waals surface area contributed by atoms with Crippen LogP contribution in [0.2, 0.25) is 0 Å². The molecule has 2 fully saturated rings. The number of piperazine rings is 2. The first kappa shape index (κ1) is 14.8. The van der Waals surface area contributed by atoms with E-state index in [1.54, 1.807) is 29.2 Å². The fourth-order valence-corrected chi connectivity index (χ4v) is 3.13. The van der Waals surface area contributed by atoms with Crippen LogP contribution >= 0.6 is 0 Å². The SMILES string of the molecule is N#Cc1cccc(-c2nnc(N3CCN4CCNC[C@@H]4C3=O)o2)c1. The maximum atomic E-state index is 12.7. The Hall–Kier alpha value is -2.76. The summed E-state index contributed by atoms with van der Waals surface area (Å²) in [6.45, 7) is 3.75. The van der Waals surface area contributed by atoms with Gasteiger partial charge in [-0.05, 0) is 18.2 Å². The lowest BCUT2D eigenvalue weighted by Crippen LogP contribution is -2.64. The standard InChI is InChI=1S/C16H16N6O2/c17-9-11-2-1-3-12(8-11)14-19-20-16(24-14)22-7-6-21-5-4-18-10-13(21)15(22)23/h1-3,8,13,18H,4-7,10H2/t13-/m1/s1. The third kappa shape index (κ3) is 2.54. The number of benzene rings is 1. The van der Waals surface area contributed by atoms with Crippen LogP contribution in [0.1, 0.15) is 5.56 Å². The molecule has 8 heteroatoms. The predicted octanol–water partition coefficient (Wildman–Crippen LogP) is 0.229. The summed E-state index contributed by atoms with van der Waals surface area (Å²) in [7, 11) is 0. The third-order valence-corrected chi connectivity index (χ3v) is 4.40. The fourth-order valence-electron chi connectivity index (χ4n) is 3.13. The largest absolute Gasteiger partial charge is 0.403 e. The highest BCUT2D eigenvalue weighted by Crippen LogP contribution is 2.25. The molecule has 3 heterocycles. The molecular formula is C16H16N6O2. The lowest BCUT2D eigenvalue weighted by atomic mass is 10.1. The summed E-state index contributed by atoms with van der Waals surface area (Å²) >= 11 is 0. The number of hydrogen-bond donors (Lipinski definition) is 1. The van der Waals surface area contributed by atoms with Crippen molar-refractivity contribution in [2.75, 3.05) is 37.6 Å². The van der Waals surface area contributed by atoms with Gasteiger partial charge in [0.2, 0.25) is 11.8 Å². The lowest BCUT2D eigenvalue weighted by molar-refractivity contribution is -0.126. The van der Waals surface area contributed by atoms with Crippen LogP contribution in [0.4, 0.5) is 6.01 Å². The molecule has 0 spiro atoms. The number of anilines is 1. The molecule has 2 saturated heterocycles. The summed E-state index contributed by atoms with van der Waals surface area (Å²) in [5.74, 6) is 0.286. The van der Waals surface area contributed by atoms with Crippen LogP contribution in [0.5, 0.6) is 0 Å². The van der Waals surface area contributed by atoms with E-state index in [1.165, 1.54) is 0 Å². The van der Waals surface area contributed by atoms with Gasteiger partial charge in [0.15, 0.2) is 0 Å². The molecule has 2 aromatic rings. The molecule has 0 unspecified atom stereocenters. The highest BCUT2D eigenvalue weighted by atomic mass is 16.4. The fraction of sp³-hybridized carbons (Fsp3) is 0.375. The van der Waals surface area contributed by atoms with Gasteiger partial charge in [0.05, 0.1) is 11.6 Å². The smallest absolute Gasteiger partial charge is 0.325 e. The maximum absolute atomic E-state index is 12.7. The van der Waals surface area contributed by atoms with Crippen LogP contribution in [-0.4, -0.2) is 59.8 Å². The van der Waals surface area contributed by atoms with Gasteiger partial charge in [0.1, 0.15) is 6.04 Å². The van der Waals surface area contributed by atoms with Crippen molar-refractivity contribution in [3.05, 3.63) is 29.8 Å². The molecule has 2 aliphatic rings. The van der Waals surface area contributed by atoms with Gasteiger partial charge in [-0.25, -0.2) is 0 Å². The van der Waals surface area contributed by atoms with Crippen molar-refractivity contribution < 1.29 is 9.21 Å². The summed E-state index contributed by atoms with van der Waals surface area (Å²) in [5.41, 5.74) is 1.18. The molecule has 1 amide bonds. The molecular weight excluding hydrogens is 308 g/mol. The van der Waals surface area contributed by atoms with E-state index in [0.717, 1.165) is 19.6 Å². The second-order valence-corrected chi connectivity index (χ2v) is 5.83. The molecule has 1 atom stereocenters. The zero-order valence-electron chi connectivity index (χ0n) is 13.0. The maximum Gasteiger partial charge on any atom is 0.325 e. The van der Waals surface area contributed by atoms with Crippen molar-refractivity contribution in [2.24, 2.45) is 0 Å². The van der Waals surface area contributed by atoms with E-state index >= 15 is 0 Å². The number of carbonyl (C=O) groups is 1. The summed E-state index contributed by atoms with van der Waals surface area (Å²) in [6, 6.07) is 9.06. The predicted molar refractivity (Wildman–Crippen MR) is 85.0 cm³/mol. The molecule has 8 nitrogen and oxygen atoms in total. The zero-order chi connectivity index (χ0) is 16.5. The first-order valence-corrected chi connectivity index (χ1v) is 7.86. The van der Waals surface area contributed by atoms with Gasteiger partial charge in [-0.15, -0.1) is 5.10 Å². The first-order chi connectivity index (χ1) is 11.8. The van der Waals surface area contributed by atoms with Gasteiger partial charge >= 0.3 is 6.01 Å². The van der Waals surface area contributed by atoms with E-state index in [1.807, 2.05) is 0 Å². The monoisotopic (exact) mass is 324 g/mol. The van der Waals surface area contributed by atoms with Gasteiger partial charge in [-0.2, -0.15) is 5.26 Å². The van der Waals surface area contributed by atoms with E-state index in [4.69, 9.17) is 9.68 Å². The summed E-state index contributed by atoms with van der Waals surface area (Å²) in [4.78, 5) is 16.4. The van der Waals surface area contributed by atoms with Gasteiger partial charge in [-0.3, -0.25) is 14.6 Å². The van der Waals surface area contributed by atoms with Crippen molar-refractivity contribution in [3.63, 3.8) is 0 Å². The Morgan fingerprint density at radius 1 is 1.29 bits per heavy atom. The highest BCUT2D eigenvalue weighted by Gasteiger charge is 2.38. The average molecular weight is 324 g/mol. The normalized spacial score (nSPS) is 21.4. The molecule has 24 heavy (non-hydrogen) atoms. The van der Waals surface area contributed by atoms with Gasteiger partial charge in [0, 0.05) is 38.3 Å². The molecule has 4 rings (SSSR count). The van der Waals surface area contributed by atoms with Crippen LogP contribution in [0.25, 0.3) is 11.5 Å². The minimum absolute atomic E-state index is 0.0191. The van der Waals surface area contributed by atoms with Gasteiger partial charge in [-0.1, -0.05) is 11.2 Å². The Kier molecular flexibility index (Phi) is 3.72. The number of carbonyl (C=O) groups excluding carboxylic acids is 1. The molecule has 122 valence electrons. The van der Waals surface area contributed by atoms with Gasteiger partial charge < -0.3 is 9.73 Å². The quantitative estimate of drug-likeness (QED) is 0.844. The number of amides is 1. The minimum Gasteiger partial charge on any atom is -0.403 e. The van der Waals surface area contributed by atoms with Crippen molar-refractivity contribution in [2.45, 2.75) is 6.04 Å². The Bertz CT molecular complexity index is 811. The van der Waals surface area contributed by atoms with Crippen LogP contribution in [0.15, 0.2) is 28.7 Å². The average Bonchev–Trinajstić information content (AvgIpc) is 3.12. The Labute approximate surface area is 138 Å². The minimum atomic E-state index is -0.176. The Balaban J connectivity index is 1.58. The van der Waals surface area contributed by atoms with E-state index in [-0.39, 0.29) is 18.0 Å². The number of fused-ring (bicyclic) bond motifs is 1. The Morgan fingerprint density at radius 3 is 3.08 bits per heavy atom. The van der Waals surface area contributed by atoms with Gasteiger partial charge in [0.25, 0.3) is 0 Å². The second kappa shape index (κ2) is 6.03. The number of nitrogens with one attached hydrogen (secondary N) is 1. The molecule has 1 aromatic heterocycles. The number of rotatable bonds is 2. The molecule has 0 radical (unpaired) electrons.